The van der Waals surface area contributed by atoms with Crippen molar-refractivity contribution in [2.75, 3.05) is 20.1 Å². The van der Waals surface area contributed by atoms with Gasteiger partial charge < -0.3 is 15.2 Å². The fraction of sp³-hybridized carbons (Fsp3) is 0.333. The Morgan fingerprint density at radius 2 is 1.79 bits per heavy atom. The first-order valence-electron chi connectivity index (χ1n) is 9.40. The SMILES string of the molecule is CN=C(NCCc1cc(C)cc(C)c1)NCCc1noc(-c2ccccn2)n1. The van der Waals surface area contributed by atoms with Gasteiger partial charge in [-0.05, 0) is 38.0 Å². The second-order valence-electron chi connectivity index (χ2n) is 6.65. The maximum absolute atomic E-state index is 5.27. The summed E-state index contributed by atoms with van der Waals surface area (Å²) in [5, 5.41) is 10.6. The molecule has 7 heteroatoms. The van der Waals surface area contributed by atoms with E-state index >= 15 is 0 Å². The Kier molecular flexibility index (Phi) is 6.73. The highest BCUT2D eigenvalue weighted by Gasteiger charge is 2.09. The van der Waals surface area contributed by atoms with Crippen LogP contribution < -0.4 is 10.6 Å². The molecule has 0 aliphatic carbocycles. The molecule has 0 bridgehead atoms. The fourth-order valence-corrected chi connectivity index (χ4v) is 3.00. The summed E-state index contributed by atoms with van der Waals surface area (Å²) >= 11 is 0. The number of aliphatic imine (C=N–C) groups is 1. The molecule has 28 heavy (non-hydrogen) atoms. The molecule has 146 valence electrons. The highest BCUT2D eigenvalue weighted by molar-refractivity contribution is 5.79. The minimum Gasteiger partial charge on any atom is -0.356 e. The van der Waals surface area contributed by atoms with E-state index in [-0.39, 0.29) is 0 Å². The largest absolute Gasteiger partial charge is 0.356 e. The zero-order valence-corrected chi connectivity index (χ0v) is 16.6. The third-order valence-corrected chi connectivity index (χ3v) is 4.20. The van der Waals surface area contributed by atoms with Crippen LogP contribution in [0.2, 0.25) is 0 Å². The van der Waals surface area contributed by atoms with Gasteiger partial charge in [-0.25, -0.2) is 0 Å². The Labute approximate surface area is 165 Å². The van der Waals surface area contributed by atoms with Gasteiger partial charge in [-0.3, -0.25) is 9.98 Å². The van der Waals surface area contributed by atoms with Crippen molar-refractivity contribution in [3.63, 3.8) is 0 Å². The summed E-state index contributed by atoms with van der Waals surface area (Å²) in [6.45, 7) is 5.72. The van der Waals surface area contributed by atoms with Crippen molar-refractivity contribution < 1.29 is 4.52 Å². The van der Waals surface area contributed by atoms with Crippen LogP contribution in [0.3, 0.4) is 0 Å². The first-order valence-corrected chi connectivity index (χ1v) is 9.40. The lowest BCUT2D eigenvalue weighted by molar-refractivity contribution is 0.421. The number of aryl methyl sites for hydroxylation is 2. The fourth-order valence-electron chi connectivity index (χ4n) is 3.00. The maximum Gasteiger partial charge on any atom is 0.276 e. The number of pyridine rings is 1. The van der Waals surface area contributed by atoms with Crippen LogP contribution in [0.1, 0.15) is 22.5 Å². The molecule has 0 aliphatic heterocycles. The van der Waals surface area contributed by atoms with E-state index in [9.17, 15) is 0 Å². The minimum absolute atomic E-state index is 0.437. The van der Waals surface area contributed by atoms with E-state index in [1.165, 1.54) is 16.7 Å². The van der Waals surface area contributed by atoms with Crippen molar-refractivity contribution in [3.05, 3.63) is 65.1 Å². The van der Waals surface area contributed by atoms with Gasteiger partial charge in [0, 0.05) is 32.8 Å². The molecular weight excluding hydrogens is 352 g/mol. The molecule has 0 aliphatic rings. The van der Waals surface area contributed by atoms with Crippen LogP contribution >= 0.6 is 0 Å². The van der Waals surface area contributed by atoms with Crippen molar-refractivity contribution in [2.45, 2.75) is 26.7 Å². The maximum atomic E-state index is 5.27. The molecule has 3 aromatic rings. The summed E-state index contributed by atoms with van der Waals surface area (Å²) in [6, 6.07) is 12.2. The number of hydrogen-bond acceptors (Lipinski definition) is 5. The van der Waals surface area contributed by atoms with Crippen molar-refractivity contribution in [3.8, 4) is 11.6 Å². The van der Waals surface area contributed by atoms with Crippen LogP contribution in [0, 0.1) is 13.8 Å². The molecule has 0 spiro atoms. The molecule has 0 unspecified atom stereocenters. The Morgan fingerprint density at radius 3 is 2.46 bits per heavy atom. The molecule has 7 nitrogen and oxygen atoms in total. The minimum atomic E-state index is 0.437. The van der Waals surface area contributed by atoms with Crippen LogP contribution in [0.5, 0.6) is 0 Å². The van der Waals surface area contributed by atoms with Gasteiger partial charge in [0.25, 0.3) is 5.89 Å². The first kappa shape index (κ1) is 19.5. The monoisotopic (exact) mass is 378 g/mol. The summed E-state index contributed by atoms with van der Waals surface area (Å²) in [5.41, 5.74) is 4.60. The van der Waals surface area contributed by atoms with Gasteiger partial charge in [0.15, 0.2) is 11.8 Å². The number of guanidine groups is 1. The van der Waals surface area contributed by atoms with E-state index < -0.39 is 0 Å². The molecule has 2 N–H and O–H groups in total. The van der Waals surface area contributed by atoms with Gasteiger partial charge in [-0.15, -0.1) is 0 Å². The van der Waals surface area contributed by atoms with E-state index in [1.807, 2.05) is 18.2 Å². The van der Waals surface area contributed by atoms with Crippen LogP contribution in [0.25, 0.3) is 11.6 Å². The third kappa shape index (κ3) is 5.64. The van der Waals surface area contributed by atoms with E-state index in [0.717, 1.165) is 18.9 Å². The van der Waals surface area contributed by atoms with Gasteiger partial charge in [-0.2, -0.15) is 4.98 Å². The molecule has 1 aromatic carbocycles. The zero-order chi connectivity index (χ0) is 19.8. The summed E-state index contributed by atoms with van der Waals surface area (Å²) in [7, 11) is 1.76. The van der Waals surface area contributed by atoms with Gasteiger partial charge in [0.2, 0.25) is 0 Å². The molecule has 2 heterocycles. The number of nitrogens with zero attached hydrogens (tertiary/aromatic N) is 4. The van der Waals surface area contributed by atoms with Crippen LogP contribution in [-0.4, -0.2) is 41.2 Å². The lowest BCUT2D eigenvalue weighted by atomic mass is 10.1. The second-order valence-corrected chi connectivity index (χ2v) is 6.65. The number of nitrogens with one attached hydrogen (secondary N) is 2. The van der Waals surface area contributed by atoms with Gasteiger partial charge in [0.1, 0.15) is 5.69 Å². The second kappa shape index (κ2) is 9.64. The van der Waals surface area contributed by atoms with Gasteiger partial charge in [-0.1, -0.05) is 40.5 Å². The van der Waals surface area contributed by atoms with E-state index in [4.69, 9.17) is 4.52 Å². The van der Waals surface area contributed by atoms with Gasteiger partial charge in [0.05, 0.1) is 0 Å². The van der Waals surface area contributed by atoms with E-state index in [1.54, 1.807) is 13.2 Å². The van der Waals surface area contributed by atoms with Gasteiger partial charge >= 0.3 is 0 Å². The number of benzene rings is 1. The summed E-state index contributed by atoms with van der Waals surface area (Å²) < 4.78 is 5.27. The predicted molar refractivity (Wildman–Crippen MR) is 110 cm³/mol. The highest BCUT2D eigenvalue weighted by Crippen LogP contribution is 2.13. The van der Waals surface area contributed by atoms with E-state index in [0.29, 0.717) is 30.4 Å². The Balaban J connectivity index is 1.43. The van der Waals surface area contributed by atoms with Crippen molar-refractivity contribution in [1.82, 2.24) is 25.8 Å². The number of aromatic nitrogens is 3. The quantitative estimate of drug-likeness (QED) is 0.485. The molecular formula is C21H26N6O. The van der Waals surface area contributed by atoms with Crippen LogP contribution in [0.4, 0.5) is 0 Å². The smallest absolute Gasteiger partial charge is 0.276 e. The topological polar surface area (TPSA) is 88.2 Å². The average Bonchev–Trinajstić information content (AvgIpc) is 3.16. The molecule has 0 radical (unpaired) electrons. The molecule has 0 atom stereocenters. The van der Waals surface area contributed by atoms with E-state index in [2.05, 4.69) is 62.8 Å². The predicted octanol–water partition coefficient (Wildman–Crippen LogP) is 2.70. The molecule has 2 aromatic heterocycles. The average molecular weight is 378 g/mol. The first-order chi connectivity index (χ1) is 13.6. The number of hydrogen-bond donors (Lipinski definition) is 2. The molecule has 0 saturated carbocycles. The third-order valence-electron chi connectivity index (χ3n) is 4.20. The normalized spacial score (nSPS) is 11.5. The van der Waals surface area contributed by atoms with Crippen molar-refractivity contribution in [1.29, 1.82) is 0 Å². The zero-order valence-electron chi connectivity index (χ0n) is 16.6. The van der Waals surface area contributed by atoms with Crippen LogP contribution in [0.15, 0.2) is 52.1 Å². The standard InChI is InChI=1S/C21H26N6O/c1-15-12-16(2)14-17(13-15)7-10-24-21(22-3)25-11-8-19-26-20(28-27-19)18-6-4-5-9-23-18/h4-6,9,12-14H,7-8,10-11H2,1-3H3,(H2,22,24,25). The highest BCUT2D eigenvalue weighted by atomic mass is 16.5. The summed E-state index contributed by atoms with van der Waals surface area (Å²) in [5.74, 6) is 1.84. The van der Waals surface area contributed by atoms with Crippen molar-refractivity contribution >= 4 is 5.96 Å². The lowest BCUT2D eigenvalue weighted by Crippen LogP contribution is -2.39. The lowest BCUT2D eigenvalue weighted by Gasteiger charge is -2.11. The molecule has 3 rings (SSSR count). The van der Waals surface area contributed by atoms with Crippen LogP contribution in [-0.2, 0) is 12.8 Å². The Morgan fingerprint density at radius 1 is 1.04 bits per heavy atom. The molecule has 0 fully saturated rings. The molecule has 0 saturated heterocycles. The molecule has 0 amide bonds. The summed E-state index contributed by atoms with van der Waals surface area (Å²) in [4.78, 5) is 12.9. The Bertz CT molecular complexity index is 899. The summed E-state index contributed by atoms with van der Waals surface area (Å²) in [6.07, 6.45) is 3.28. The Hall–Kier alpha value is -3.22. The van der Waals surface area contributed by atoms with Crippen molar-refractivity contribution in [2.24, 2.45) is 4.99 Å². The number of rotatable bonds is 7.